The summed E-state index contributed by atoms with van der Waals surface area (Å²) in [5.41, 5.74) is 2.34. The first-order valence-electron chi connectivity index (χ1n) is 9.14. The molecule has 2 bridgehead atoms. The van der Waals surface area contributed by atoms with Crippen molar-refractivity contribution in [3.05, 3.63) is 47.7 Å². The van der Waals surface area contributed by atoms with Crippen molar-refractivity contribution in [2.75, 3.05) is 5.32 Å². The van der Waals surface area contributed by atoms with E-state index < -0.39 is 17.8 Å². The van der Waals surface area contributed by atoms with Crippen LogP contribution in [0.3, 0.4) is 0 Å². The number of nitrogens with one attached hydrogen (secondary N) is 1. The zero-order chi connectivity index (χ0) is 18.3. The molecule has 1 aromatic carbocycles. The fraction of sp³-hybridized carbons (Fsp3) is 0.450. The lowest BCUT2D eigenvalue weighted by molar-refractivity contribution is -0.148. The number of fused-ring (bicyclic) bond motifs is 2. The molecule has 4 rings (SSSR count). The molecule has 6 nitrogen and oxygen atoms in total. The molecule has 1 amide bonds. The summed E-state index contributed by atoms with van der Waals surface area (Å²) in [6.45, 7) is 2.67. The van der Waals surface area contributed by atoms with Crippen molar-refractivity contribution in [1.29, 1.82) is 0 Å². The van der Waals surface area contributed by atoms with Gasteiger partial charge in [0.15, 0.2) is 5.82 Å². The number of amides is 1. The Hall–Kier alpha value is -2.63. The molecule has 26 heavy (non-hydrogen) atoms. The second-order valence-corrected chi connectivity index (χ2v) is 7.60. The lowest BCUT2D eigenvalue weighted by atomic mass is 9.79. The van der Waals surface area contributed by atoms with Gasteiger partial charge in [0.2, 0.25) is 5.91 Å². The van der Waals surface area contributed by atoms with Gasteiger partial charge < -0.3 is 10.4 Å². The van der Waals surface area contributed by atoms with Gasteiger partial charge in [0.1, 0.15) is 0 Å². The largest absolute Gasteiger partial charge is 0.481 e. The molecule has 0 saturated heterocycles. The first-order valence-corrected chi connectivity index (χ1v) is 9.14. The molecule has 2 aliphatic carbocycles. The van der Waals surface area contributed by atoms with Crippen LogP contribution in [0.4, 0.5) is 5.82 Å². The molecule has 0 spiro atoms. The van der Waals surface area contributed by atoms with Gasteiger partial charge in [0.05, 0.1) is 18.4 Å². The number of aromatic nitrogens is 2. The van der Waals surface area contributed by atoms with Crippen LogP contribution in [0.25, 0.3) is 0 Å². The first-order chi connectivity index (χ1) is 12.5. The van der Waals surface area contributed by atoms with E-state index in [4.69, 9.17) is 0 Å². The summed E-state index contributed by atoms with van der Waals surface area (Å²) in [5, 5.41) is 16.8. The molecular weight excluding hydrogens is 330 g/mol. The van der Waals surface area contributed by atoms with E-state index >= 15 is 0 Å². The van der Waals surface area contributed by atoms with Crippen LogP contribution in [0.5, 0.6) is 0 Å². The van der Waals surface area contributed by atoms with Gasteiger partial charge in [-0.15, -0.1) is 0 Å². The minimum Gasteiger partial charge on any atom is -0.481 e. The number of carboxylic acid groups (broad SMARTS) is 1. The minimum absolute atomic E-state index is 0.146. The number of nitrogens with zero attached hydrogens (tertiary/aromatic N) is 2. The molecule has 0 radical (unpaired) electrons. The second-order valence-electron chi connectivity index (χ2n) is 7.60. The molecule has 2 aliphatic rings. The monoisotopic (exact) mass is 353 g/mol. The number of aliphatic carboxylic acids is 1. The number of aryl methyl sites for hydroxylation is 1. The maximum atomic E-state index is 12.7. The van der Waals surface area contributed by atoms with Crippen LogP contribution in [0.2, 0.25) is 0 Å². The van der Waals surface area contributed by atoms with Crippen molar-refractivity contribution in [2.45, 2.75) is 32.7 Å². The molecule has 2 fully saturated rings. The highest BCUT2D eigenvalue weighted by Gasteiger charge is 2.54. The van der Waals surface area contributed by atoms with E-state index in [1.54, 1.807) is 10.7 Å². The van der Waals surface area contributed by atoms with Crippen molar-refractivity contribution in [3.8, 4) is 0 Å². The van der Waals surface area contributed by atoms with E-state index in [9.17, 15) is 14.7 Å². The van der Waals surface area contributed by atoms with Crippen LogP contribution in [0.1, 0.15) is 30.4 Å². The Kier molecular flexibility index (Phi) is 4.26. The summed E-state index contributed by atoms with van der Waals surface area (Å²) in [6.07, 6.45) is 4.56. The van der Waals surface area contributed by atoms with Crippen molar-refractivity contribution in [1.82, 2.24) is 9.78 Å². The summed E-state index contributed by atoms with van der Waals surface area (Å²) < 4.78 is 1.77. The zero-order valence-electron chi connectivity index (χ0n) is 14.8. The Morgan fingerprint density at radius 3 is 2.54 bits per heavy atom. The molecular formula is C20H23N3O3. The normalized spacial score (nSPS) is 26.8. The lowest BCUT2D eigenvalue weighted by Crippen LogP contribution is -2.37. The van der Waals surface area contributed by atoms with Crippen molar-refractivity contribution < 1.29 is 14.7 Å². The van der Waals surface area contributed by atoms with E-state index in [-0.39, 0.29) is 17.7 Å². The Morgan fingerprint density at radius 1 is 1.15 bits per heavy atom. The third kappa shape index (κ3) is 3.11. The molecule has 0 aliphatic heterocycles. The van der Waals surface area contributed by atoms with Gasteiger partial charge in [-0.1, -0.05) is 29.8 Å². The number of carboxylic acids is 1. The van der Waals surface area contributed by atoms with E-state index in [1.165, 1.54) is 5.56 Å². The van der Waals surface area contributed by atoms with Crippen LogP contribution in [-0.4, -0.2) is 26.8 Å². The van der Waals surface area contributed by atoms with Gasteiger partial charge in [-0.2, -0.15) is 5.10 Å². The average Bonchev–Trinajstić information content (AvgIpc) is 3.32. The van der Waals surface area contributed by atoms with Gasteiger partial charge in [-0.25, -0.2) is 0 Å². The molecule has 2 N–H and O–H groups in total. The van der Waals surface area contributed by atoms with Crippen molar-refractivity contribution >= 4 is 17.7 Å². The van der Waals surface area contributed by atoms with E-state index in [2.05, 4.69) is 34.7 Å². The van der Waals surface area contributed by atoms with Gasteiger partial charge in [0.25, 0.3) is 0 Å². The predicted molar refractivity (Wildman–Crippen MR) is 96.6 cm³/mol. The third-order valence-corrected chi connectivity index (χ3v) is 5.86. The van der Waals surface area contributed by atoms with E-state index in [1.807, 2.05) is 13.1 Å². The standard InChI is InChI=1S/C20H23N3O3/c1-12-2-4-13(5-3-12)11-23-9-8-16(22-23)21-19(24)17-14-6-7-15(10-14)18(17)20(25)26/h2-5,8-9,14-15,17-18H,6-7,10-11H2,1H3,(H,25,26)(H,21,22,24)/t14-,15+,17+,18+/m1/s1. The number of benzene rings is 1. The van der Waals surface area contributed by atoms with E-state index in [0.717, 1.165) is 24.8 Å². The van der Waals surface area contributed by atoms with Crippen LogP contribution in [0, 0.1) is 30.6 Å². The molecule has 4 atom stereocenters. The highest BCUT2D eigenvalue weighted by atomic mass is 16.4. The molecule has 136 valence electrons. The highest BCUT2D eigenvalue weighted by molar-refractivity contribution is 5.95. The number of hydrogen-bond donors (Lipinski definition) is 2. The minimum atomic E-state index is -0.845. The third-order valence-electron chi connectivity index (χ3n) is 5.86. The number of anilines is 1. The molecule has 1 heterocycles. The average molecular weight is 353 g/mol. The quantitative estimate of drug-likeness (QED) is 0.866. The molecule has 2 saturated carbocycles. The van der Waals surface area contributed by atoms with Crippen LogP contribution in [-0.2, 0) is 16.1 Å². The van der Waals surface area contributed by atoms with Gasteiger partial charge >= 0.3 is 5.97 Å². The first kappa shape index (κ1) is 16.8. The number of hydrogen-bond acceptors (Lipinski definition) is 3. The molecule has 0 unspecified atom stereocenters. The fourth-order valence-electron chi connectivity index (χ4n) is 4.63. The SMILES string of the molecule is Cc1ccc(Cn2ccc(NC(=O)[C@H]3[C@@H]4CC[C@@H](C4)[C@@H]3C(=O)O)n2)cc1. The zero-order valence-corrected chi connectivity index (χ0v) is 14.8. The van der Waals surface area contributed by atoms with E-state index in [0.29, 0.717) is 12.4 Å². The Balaban J connectivity index is 1.43. The van der Waals surface area contributed by atoms with Gasteiger partial charge in [0, 0.05) is 12.3 Å². The van der Waals surface area contributed by atoms with Crippen LogP contribution >= 0.6 is 0 Å². The second kappa shape index (κ2) is 6.59. The Morgan fingerprint density at radius 2 is 1.85 bits per heavy atom. The lowest BCUT2D eigenvalue weighted by Gasteiger charge is -2.26. The van der Waals surface area contributed by atoms with Gasteiger partial charge in [-0.3, -0.25) is 14.3 Å². The maximum absolute atomic E-state index is 12.7. The maximum Gasteiger partial charge on any atom is 0.307 e. The van der Waals surface area contributed by atoms with Gasteiger partial charge in [-0.05, 0) is 43.6 Å². The van der Waals surface area contributed by atoms with Crippen LogP contribution in [0.15, 0.2) is 36.5 Å². The summed E-state index contributed by atoms with van der Waals surface area (Å²) >= 11 is 0. The summed E-state index contributed by atoms with van der Waals surface area (Å²) in [5.74, 6) is -1.22. The molecule has 2 aromatic rings. The Labute approximate surface area is 152 Å². The highest BCUT2D eigenvalue weighted by Crippen LogP contribution is 2.52. The topological polar surface area (TPSA) is 84.2 Å². The number of carbonyl (C=O) groups is 2. The smallest absolute Gasteiger partial charge is 0.307 e. The van der Waals surface area contributed by atoms with Crippen molar-refractivity contribution in [2.24, 2.45) is 23.7 Å². The number of carbonyl (C=O) groups excluding carboxylic acids is 1. The fourth-order valence-corrected chi connectivity index (χ4v) is 4.63. The molecule has 1 aromatic heterocycles. The summed E-state index contributed by atoms with van der Waals surface area (Å²) in [4.78, 5) is 24.3. The predicted octanol–water partition coefficient (Wildman–Crippen LogP) is 2.93. The number of rotatable bonds is 5. The molecule has 6 heteroatoms. The summed E-state index contributed by atoms with van der Waals surface area (Å²) in [7, 11) is 0. The van der Waals surface area contributed by atoms with Crippen molar-refractivity contribution in [3.63, 3.8) is 0 Å². The van der Waals surface area contributed by atoms with Crippen LogP contribution < -0.4 is 5.32 Å². The Bertz CT molecular complexity index is 827. The summed E-state index contributed by atoms with van der Waals surface area (Å²) in [6, 6.07) is 9.99.